The predicted molar refractivity (Wildman–Crippen MR) is 45.0 cm³/mol. The van der Waals surface area contributed by atoms with Gasteiger partial charge in [0.25, 0.3) is 0 Å². The summed E-state index contributed by atoms with van der Waals surface area (Å²) in [6, 6.07) is 0.228. The highest BCUT2D eigenvalue weighted by Crippen LogP contribution is 2.00. The number of hydrogen-bond donors (Lipinski definition) is 1. The summed E-state index contributed by atoms with van der Waals surface area (Å²) in [6.07, 6.45) is 0. The molecule has 1 unspecified atom stereocenters. The Hall–Kier alpha value is 0.360. The van der Waals surface area contributed by atoms with Gasteiger partial charge in [0, 0.05) is 19.6 Å². The maximum absolute atomic E-state index is 4.75. The molecule has 1 radical (unpaired) electrons. The van der Waals surface area contributed by atoms with Crippen molar-refractivity contribution < 1.29 is 0 Å². The van der Waals surface area contributed by atoms with Crippen LogP contribution in [0.4, 0.5) is 0 Å². The fourth-order valence-corrected chi connectivity index (χ4v) is 1.22. The molecule has 0 spiro atoms. The van der Waals surface area contributed by atoms with Crippen molar-refractivity contribution >= 4 is 30.4 Å². The normalized spacial score (nSPS) is 30.1. The molecule has 1 fully saturated rings. The van der Waals surface area contributed by atoms with E-state index in [9.17, 15) is 0 Å². The van der Waals surface area contributed by atoms with Crippen LogP contribution in [-0.4, -0.2) is 35.3 Å². The molecular weight excluding hydrogens is 152 g/mol. The van der Waals surface area contributed by atoms with E-state index in [4.69, 9.17) is 12.2 Å². The van der Waals surface area contributed by atoms with Gasteiger partial charge < -0.3 is 0 Å². The molecule has 0 N–H and O–H groups in total. The van der Waals surface area contributed by atoms with Crippen molar-refractivity contribution in [3.8, 4) is 0 Å². The molecule has 0 aliphatic carbocycles. The van der Waals surface area contributed by atoms with Gasteiger partial charge in [0.05, 0.1) is 6.04 Å². The topological polar surface area (TPSA) is 17.3 Å². The minimum atomic E-state index is 0.228. The van der Waals surface area contributed by atoms with Gasteiger partial charge in [-0.05, 0) is 5.37 Å². The fraction of sp³-hybridized carbons (Fsp3) is 0.800. The third kappa shape index (κ3) is 2.21. The van der Waals surface area contributed by atoms with Gasteiger partial charge in [0.2, 0.25) is 0 Å². The summed E-state index contributed by atoms with van der Waals surface area (Å²) < 4.78 is 1.94. The van der Waals surface area contributed by atoms with Crippen LogP contribution < -0.4 is 5.32 Å². The SMILES string of the molecule is S=CC1CN(S)CC[N]1. The molecule has 4 heteroatoms. The first kappa shape index (κ1) is 7.47. The number of rotatable bonds is 1. The van der Waals surface area contributed by atoms with Crippen LogP contribution in [0.25, 0.3) is 0 Å². The Labute approximate surface area is 66.2 Å². The van der Waals surface area contributed by atoms with Gasteiger partial charge in [-0.15, -0.1) is 0 Å². The Kier molecular flexibility index (Phi) is 2.91. The third-order valence-corrected chi connectivity index (χ3v) is 1.95. The van der Waals surface area contributed by atoms with Crippen LogP contribution in [-0.2, 0) is 0 Å². The number of thiol groups is 1. The van der Waals surface area contributed by atoms with Gasteiger partial charge in [0.15, 0.2) is 0 Å². The van der Waals surface area contributed by atoms with E-state index in [0.29, 0.717) is 0 Å². The van der Waals surface area contributed by atoms with Crippen LogP contribution in [0.3, 0.4) is 0 Å². The van der Waals surface area contributed by atoms with Crippen LogP contribution in [0.2, 0.25) is 0 Å². The van der Waals surface area contributed by atoms with Gasteiger partial charge in [0.1, 0.15) is 0 Å². The highest BCUT2D eigenvalue weighted by Gasteiger charge is 2.14. The number of nitrogens with zero attached hydrogens (tertiary/aromatic N) is 2. The summed E-state index contributed by atoms with van der Waals surface area (Å²) in [5.41, 5.74) is 0. The molecule has 1 atom stereocenters. The van der Waals surface area contributed by atoms with Crippen LogP contribution in [0.1, 0.15) is 0 Å². The molecule has 1 rings (SSSR count). The molecule has 0 saturated carbocycles. The molecule has 0 amide bonds. The summed E-state index contributed by atoms with van der Waals surface area (Å²) in [6.45, 7) is 2.68. The maximum Gasteiger partial charge on any atom is 0.0665 e. The minimum Gasteiger partial charge on any atom is -0.250 e. The van der Waals surface area contributed by atoms with Crippen molar-refractivity contribution in [3.63, 3.8) is 0 Å². The lowest BCUT2D eigenvalue weighted by Crippen LogP contribution is -2.43. The Morgan fingerprint density at radius 3 is 3.00 bits per heavy atom. The van der Waals surface area contributed by atoms with Crippen LogP contribution in [0.5, 0.6) is 0 Å². The van der Waals surface area contributed by atoms with Crippen LogP contribution >= 0.6 is 25.0 Å². The third-order valence-electron chi connectivity index (χ3n) is 1.28. The van der Waals surface area contributed by atoms with E-state index in [1.807, 2.05) is 4.31 Å². The second-order valence-corrected chi connectivity index (χ2v) is 2.86. The van der Waals surface area contributed by atoms with Gasteiger partial charge in [-0.3, -0.25) is 0 Å². The van der Waals surface area contributed by atoms with E-state index < -0.39 is 0 Å². The van der Waals surface area contributed by atoms with Gasteiger partial charge in [-0.2, -0.15) is 0 Å². The van der Waals surface area contributed by atoms with Crippen molar-refractivity contribution in [2.45, 2.75) is 6.04 Å². The Morgan fingerprint density at radius 2 is 2.56 bits per heavy atom. The molecular formula is C5H9N2S2. The quantitative estimate of drug-likeness (QED) is 0.435. The van der Waals surface area contributed by atoms with Crippen molar-refractivity contribution in [3.05, 3.63) is 0 Å². The minimum absolute atomic E-state index is 0.228. The number of piperazine rings is 1. The molecule has 0 aromatic heterocycles. The zero-order valence-corrected chi connectivity index (χ0v) is 6.74. The molecule has 1 saturated heterocycles. The molecule has 51 valence electrons. The number of thiocarbonyl (C=S) groups is 1. The summed E-state index contributed by atoms with van der Waals surface area (Å²) in [7, 11) is 0. The van der Waals surface area contributed by atoms with E-state index in [-0.39, 0.29) is 6.04 Å². The van der Waals surface area contributed by atoms with Crippen molar-refractivity contribution in [2.75, 3.05) is 19.6 Å². The molecule has 0 aromatic rings. The molecule has 1 aliphatic heterocycles. The molecule has 1 aliphatic rings. The predicted octanol–water partition coefficient (Wildman–Crippen LogP) is 0.119. The zero-order chi connectivity index (χ0) is 6.69. The first-order valence-electron chi connectivity index (χ1n) is 2.88. The summed E-state index contributed by atoms with van der Waals surface area (Å²) in [5.74, 6) is 0. The Bertz CT molecular complexity index is 107. The Balaban J connectivity index is 2.31. The van der Waals surface area contributed by atoms with Crippen molar-refractivity contribution in [2.24, 2.45) is 0 Å². The summed E-state index contributed by atoms with van der Waals surface area (Å²) in [5, 5.41) is 5.94. The van der Waals surface area contributed by atoms with Crippen molar-refractivity contribution in [1.29, 1.82) is 0 Å². The summed E-state index contributed by atoms with van der Waals surface area (Å²) in [4.78, 5) is 0. The standard InChI is InChI=1S/C5H9N2S2/c8-4-5-3-7(9)2-1-6-5/h4-5,9H,1-3H2. The fourth-order valence-electron chi connectivity index (χ4n) is 0.790. The average molecular weight is 161 g/mol. The number of hydrogen-bond acceptors (Lipinski definition) is 3. The van der Waals surface area contributed by atoms with Gasteiger partial charge >= 0.3 is 0 Å². The first-order chi connectivity index (χ1) is 4.33. The second kappa shape index (κ2) is 3.51. The lowest BCUT2D eigenvalue weighted by molar-refractivity contribution is 0.367. The molecule has 1 heterocycles. The van der Waals surface area contributed by atoms with E-state index in [1.54, 1.807) is 5.37 Å². The average Bonchev–Trinajstić information content (AvgIpc) is 1.88. The van der Waals surface area contributed by atoms with Gasteiger partial charge in [-0.25, -0.2) is 9.62 Å². The smallest absolute Gasteiger partial charge is 0.0665 e. The highest BCUT2D eigenvalue weighted by atomic mass is 32.1. The summed E-state index contributed by atoms with van der Waals surface area (Å²) >= 11 is 8.93. The molecule has 9 heavy (non-hydrogen) atoms. The largest absolute Gasteiger partial charge is 0.250 e. The monoisotopic (exact) mass is 161 g/mol. The first-order valence-corrected chi connectivity index (χ1v) is 3.76. The van der Waals surface area contributed by atoms with E-state index >= 15 is 0 Å². The van der Waals surface area contributed by atoms with Crippen molar-refractivity contribution in [1.82, 2.24) is 9.62 Å². The second-order valence-electron chi connectivity index (χ2n) is 2.02. The molecule has 0 aromatic carbocycles. The van der Waals surface area contributed by atoms with Crippen LogP contribution in [0.15, 0.2) is 0 Å². The zero-order valence-electron chi connectivity index (χ0n) is 5.03. The Morgan fingerprint density at radius 1 is 1.78 bits per heavy atom. The molecule has 0 bridgehead atoms. The van der Waals surface area contributed by atoms with E-state index in [2.05, 4.69) is 18.1 Å². The lowest BCUT2D eigenvalue weighted by Gasteiger charge is -2.25. The lowest BCUT2D eigenvalue weighted by atomic mass is 10.3. The van der Waals surface area contributed by atoms with Crippen LogP contribution in [0, 0.1) is 0 Å². The van der Waals surface area contributed by atoms with E-state index in [1.165, 1.54) is 0 Å². The van der Waals surface area contributed by atoms with Gasteiger partial charge in [-0.1, -0.05) is 25.0 Å². The highest BCUT2D eigenvalue weighted by molar-refractivity contribution is 7.79. The molecule has 2 nitrogen and oxygen atoms in total. The maximum atomic E-state index is 4.75. The van der Waals surface area contributed by atoms with E-state index in [0.717, 1.165) is 19.6 Å².